The standard InChI is InChI=1S/C58H41N5/c1-2-41-21-35-50(36-22-41)61(51-37-31-44(32-38-51)42-23-27-46(28-24-42)57-59-53-17-9-11-19-55(53)62(57)48-13-5-3-6-14-48)52-39-33-45(34-40-52)43-25-29-47(30-26-43)58-60-54-18-10-12-20-56(54)63(58)49-15-7-4-8-16-49/h2-40H,1H2. The summed E-state index contributed by atoms with van der Waals surface area (Å²) in [6, 6.07) is 81.1. The highest BCUT2D eigenvalue weighted by Crippen LogP contribution is 2.38. The van der Waals surface area contributed by atoms with Crippen LogP contribution >= 0.6 is 0 Å². The fourth-order valence-corrected chi connectivity index (χ4v) is 8.55. The average molecular weight is 808 g/mol. The van der Waals surface area contributed by atoms with Crippen molar-refractivity contribution in [2.45, 2.75) is 0 Å². The third-order valence-electron chi connectivity index (χ3n) is 11.7. The van der Waals surface area contributed by atoms with Crippen LogP contribution in [0, 0.1) is 0 Å². The minimum absolute atomic E-state index is 0.922. The lowest BCUT2D eigenvalue weighted by molar-refractivity contribution is 1.10. The van der Waals surface area contributed by atoms with Gasteiger partial charge in [0.15, 0.2) is 0 Å². The molecule has 0 saturated heterocycles. The normalized spacial score (nSPS) is 11.2. The van der Waals surface area contributed by atoms with Crippen LogP contribution < -0.4 is 4.90 Å². The lowest BCUT2D eigenvalue weighted by Crippen LogP contribution is -2.09. The van der Waals surface area contributed by atoms with Gasteiger partial charge in [-0.25, -0.2) is 9.97 Å². The summed E-state index contributed by atoms with van der Waals surface area (Å²) in [5.41, 5.74) is 17.3. The first-order chi connectivity index (χ1) is 31.2. The van der Waals surface area contributed by atoms with Gasteiger partial charge in [0.1, 0.15) is 11.6 Å². The molecule has 0 saturated carbocycles. The van der Waals surface area contributed by atoms with Crippen LogP contribution in [-0.4, -0.2) is 19.1 Å². The molecule has 0 radical (unpaired) electrons. The smallest absolute Gasteiger partial charge is 0.145 e. The van der Waals surface area contributed by atoms with Crippen molar-refractivity contribution in [3.63, 3.8) is 0 Å². The first-order valence-corrected chi connectivity index (χ1v) is 21.2. The Bertz CT molecular complexity index is 3140. The van der Waals surface area contributed by atoms with Crippen LogP contribution in [0.1, 0.15) is 5.56 Å². The molecule has 0 spiro atoms. The maximum atomic E-state index is 5.07. The number of nitrogens with zero attached hydrogens (tertiary/aromatic N) is 5. The van der Waals surface area contributed by atoms with Crippen molar-refractivity contribution in [2.24, 2.45) is 0 Å². The number of aromatic nitrogens is 4. The zero-order valence-electron chi connectivity index (χ0n) is 34.5. The van der Waals surface area contributed by atoms with E-state index >= 15 is 0 Å². The molecule has 298 valence electrons. The second-order valence-electron chi connectivity index (χ2n) is 15.6. The number of fused-ring (bicyclic) bond motifs is 2. The van der Waals surface area contributed by atoms with Crippen LogP contribution in [0.25, 0.3) is 84.5 Å². The summed E-state index contributed by atoms with van der Waals surface area (Å²) in [6.45, 7) is 3.98. The van der Waals surface area contributed by atoms with E-state index in [9.17, 15) is 0 Å². The number of anilines is 3. The van der Waals surface area contributed by atoms with Gasteiger partial charge in [-0.15, -0.1) is 0 Å². The van der Waals surface area contributed by atoms with Crippen LogP contribution in [0.15, 0.2) is 237 Å². The third kappa shape index (κ3) is 7.07. The Hall–Kier alpha value is -8.54. The van der Waals surface area contributed by atoms with Gasteiger partial charge in [0.2, 0.25) is 0 Å². The summed E-state index contributed by atoms with van der Waals surface area (Å²) in [5, 5.41) is 0. The molecule has 11 rings (SSSR count). The summed E-state index contributed by atoms with van der Waals surface area (Å²) < 4.78 is 4.48. The fourth-order valence-electron chi connectivity index (χ4n) is 8.55. The number of hydrogen-bond acceptors (Lipinski definition) is 3. The topological polar surface area (TPSA) is 38.9 Å². The highest BCUT2D eigenvalue weighted by molar-refractivity contribution is 5.86. The van der Waals surface area contributed by atoms with Gasteiger partial charge in [-0.2, -0.15) is 0 Å². The van der Waals surface area contributed by atoms with Crippen LogP contribution in [0.2, 0.25) is 0 Å². The molecule has 5 heteroatoms. The second-order valence-corrected chi connectivity index (χ2v) is 15.6. The van der Waals surface area contributed by atoms with Crippen molar-refractivity contribution in [1.29, 1.82) is 0 Å². The van der Waals surface area contributed by atoms with E-state index in [0.29, 0.717) is 0 Å². The van der Waals surface area contributed by atoms with E-state index in [0.717, 1.165) is 101 Å². The zero-order chi connectivity index (χ0) is 42.1. The van der Waals surface area contributed by atoms with E-state index in [4.69, 9.17) is 9.97 Å². The number of imidazole rings is 2. The number of rotatable bonds is 10. The molecule has 0 unspecified atom stereocenters. The Morgan fingerprint density at radius 3 is 1.03 bits per heavy atom. The van der Waals surface area contributed by atoms with Crippen molar-refractivity contribution in [1.82, 2.24) is 19.1 Å². The van der Waals surface area contributed by atoms with Gasteiger partial charge in [0, 0.05) is 39.6 Å². The molecule has 0 aliphatic rings. The molecule has 0 N–H and O–H groups in total. The van der Waals surface area contributed by atoms with Crippen molar-refractivity contribution in [3.8, 4) is 56.4 Å². The lowest BCUT2D eigenvalue weighted by atomic mass is 10.0. The molecule has 2 heterocycles. The highest BCUT2D eigenvalue weighted by atomic mass is 15.1. The molecule has 0 aliphatic carbocycles. The monoisotopic (exact) mass is 807 g/mol. The predicted octanol–water partition coefficient (Wildman–Crippen LogP) is 15.1. The van der Waals surface area contributed by atoms with Crippen molar-refractivity contribution in [3.05, 3.63) is 243 Å². The zero-order valence-corrected chi connectivity index (χ0v) is 34.5. The summed E-state index contributed by atoms with van der Waals surface area (Å²) in [7, 11) is 0. The third-order valence-corrected chi connectivity index (χ3v) is 11.7. The lowest BCUT2D eigenvalue weighted by Gasteiger charge is -2.26. The van der Waals surface area contributed by atoms with Crippen LogP contribution in [0.4, 0.5) is 17.1 Å². The molecule has 9 aromatic carbocycles. The predicted molar refractivity (Wildman–Crippen MR) is 262 cm³/mol. The molecule has 0 amide bonds. The molecule has 5 nitrogen and oxygen atoms in total. The minimum atomic E-state index is 0.922. The fraction of sp³-hybridized carbons (Fsp3) is 0. The first-order valence-electron chi connectivity index (χ1n) is 21.2. The van der Waals surface area contributed by atoms with Gasteiger partial charge in [-0.1, -0.05) is 158 Å². The summed E-state index contributed by atoms with van der Waals surface area (Å²) in [5.74, 6) is 1.84. The molecule has 11 aromatic rings. The van der Waals surface area contributed by atoms with E-state index in [-0.39, 0.29) is 0 Å². The van der Waals surface area contributed by atoms with Gasteiger partial charge in [0.05, 0.1) is 22.1 Å². The van der Waals surface area contributed by atoms with Gasteiger partial charge >= 0.3 is 0 Å². The SMILES string of the molecule is C=Cc1ccc(N(c2ccc(-c3ccc(-c4nc5ccccc5n4-c4ccccc4)cc3)cc2)c2ccc(-c3ccc(-c4nc5ccccc5n4-c4ccccc4)cc3)cc2)cc1. The maximum Gasteiger partial charge on any atom is 0.145 e. The van der Waals surface area contributed by atoms with Crippen molar-refractivity contribution in [2.75, 3.05) is 4.90 Å². The van der Waals surface area contributed by atoms with E-state index < -0.39 is 0 Å². The summed E-state index contributed by atoms with van der Waals surface area (Å²) in [6.07, 6.45) is 1.88. The van der Waals surface area contributed by atoms with E-state index in [1.54, 1.807) is 0 Å². The van der Waals surface area contributed by atoms with Crippen LogP contribution in [0.3, 0.4) is 0 Å². The van der Waals surface area contributed by atoms with E-state index in [2.05, 4.69) is 227 Å². The minimum Gasteiger partial charge on any atom is -0.311 e. The molecular formula is C58H41N5. The number of para-hydroxylation sites is 6. The van der Waals surface area contributed by atoms with Crippen LogP contribution in [0.5, 0.6) is 0 Å². The Kier molecular flexibility index (Phi) is 9.60. The summed E-state index contributed by atoms with van der Waals surface area (Å²) in [4.78, 5) is 12.4. The Morgan fingerprint density at radius 1 is 0.333 bits per heavy atom. The van der Waals surface area contributed by atoms with Gasteiger partial charge in [-0.05, 0) is 113 Å². The Balaban J connectivity index is 0.881. The van der Waals surface area contributed by atoms with Crippen molar-refractivity contribution < 1.29 is 0 Å². The molecule has 0 bridgehead atoms. The van der Waals surface area contributed by atoms with Gasteiger partial charge < -0.3 is 4.90 Å². The second kappa shape index (κ2) is 16.1. The molecular weight excluding hydrogens is 767 g/mol. The van der Waals surface area contributed by atoms with Crippen LogP contribution in [-0.2, 0) is 0 Å². The molecule has 2 aromatic heterocycles. The average Bonchev–Trinajstić information content (AvgIpc) is 3.95. The number of hydrogen-bond donors (Lipinski definition) is 0. The van der Waals surface area contributed by atoms with Gasteiger partial charge in [-0.3, -0.25) is 9.13 Å². The van der Waals surface area contributed by atoms with Crippen molar-refractivity contribution >= 4 is 45.2 Å². The molecule has 0 atom stereocenters. The Morgan fingerprint density at radius 2 is 0.651 bits per heavy atom. The highest BCUT2D eigenvalue weighted by Gasteiger charge is 2.17. The van der Waals surface area contributed by atoms with E-state index in [1.165, 1.54) is 0 Å². The maximum absolute atomic E-state index is 5.07. The summed E-state index contributed by atoms with van der Waals surface area (Å²) >= 11 is 0. The van der Waals surface area contributed by atoms with Gasteiger partial charge in [0.25, 0.3) is 0 Å². The molecule has 0 aliphatic heterocycles. The first kappa shape index (κ1) is 37.5. The largest absolute Gasteiger partial charge is 0.311 e. The Labute approximate surface area is 366 Å². The molecule has 0 fully saturated rings. The van der Waals surface area contributed by atoms with E-state index in [1.807, 2.05) is 30.3 Å². The molecule has 63 heavy (non-hydrogen) atoms. The number of benzene rings is 9. The quantitative estimate of drug-likeness (QED) is 0.138.